The molecular formula is C24H41N3O2. The normalized spacial score (nSPS) is 27.3. The molecule has 164 valence electrons. The van der Waals surface area contributed by atoms with E-state index in [1.165, 1.54) is 32.1 Å². The number of piperidine rings is 2. The van der Waals surface area contributed by atoms with E-state index in [4.69, 9.17) is 0 Å². The molecule has 4 rings (SSSR count). The largest absolute Gasteiger partial charge is 0.345 e. The first-order chi connectivity index (χ1) is 14.1. The second kappa shape index (κ2) is 9.80. The lowest BCUT2D eigenvalue weighted by molar-refractivity contribution is -0.136. The van der Waals surface area contributed by atoms with Crippen LogP contribution < -0.4 is 0 Å². The highest BCUT2D eigenvalue weighted by Crippen LogP contribution is 2.33. The molecule has 2 aliphatic heterocycles. The Morgan fingerprint density at radius 2 is 1.59 bits per heavy atom. The fraction of sp³-hybridized carbons (Fsp3) is 0.917. The molecule has 0 aromatic carbocycles. The zero-order valence-corrected chi connectivity index (χ0v) is 18.5. The van der Waals surface area contributed by atoms with Crippen molar-refractivity contribution >= 4 is 11.8 Å². The SMILES string of the molecule is CN(CCCC1CCCC1)C(=O)[C@H]1CCCN(C2CCN(C(=O)C3CC3)CC2)C1. The molecule has 0 spiro atoms. The molecule has 2 aliphatic carbocycles. The molecule has 5 heteroatoms. The van der Waals surface area contributed by atoms with Crippen molar-refractivity contribution in [2.24, 2.45) is 17.8 Å². The van der Waals surface area contributed by atoms with Gasteiger partial charge in [-0.1, -0.05) is 25.7 Å². The van der Waals surface area contributed by atoms with Crippen molar-refractivity contribution in [1.29, 1.82) is 0 Å². The minimum absolute atomic E-state index is 0.173. The molecule has 0 unspecified atom stereocenters. The van der Waals surface area contributed by atoms with Crippen molar-refractivity contribution in [3.8, 4) is 0 Å². The monoisotopic (exact) mass is 403 g/mol. The van der Waals surface area contributed by atoms with Crippen molar-refractivity contribution in [2.45, 2.75) is 83.1 Å². The second-order valence-corrected chi connectivity index (χ2v) is 10.2. The predicted molar refractivity (Wildman–Crippen MR) is 115 cm³/mol. The predicted octanol–water partition coefficient (Wildman–Crippen LogP) is 3.53. The van der Waals surface area contributed by atoms with Gasteiger partial charge in [0.15, 0.2) is 0 Å². The Morgan fingerprint density at radius 1 is 0.862 bits per heavy atom. The highest BCUT2D eigenvalue weighted by atomic mass is 16.2. The van der Waals surface area contributed by atoms with Gasteiger partial charge in [0.05, 0.1) is 5.92 Å². The van der Waals surface area contributed by atoms with Gasteiger partial charge in [-0.05, 0) is 63.8 Å². The van der Waals surface area contributed by atoms with Crippen LogP contribution >= 0.6 is 0 Å². The maximum Gasteiger partial charge on any atom is 0.226 e. The Hall–Kier alpha value is -1.10. The summed E-state index contributed by atoms with van der Waals surface area (Å²) in [6.45, 7) is 4.79. The van der Waals surface area contributed by atoms with Gasteiger partial charge in [0.2, 0.25) is 11.8 Å². The Labute approximate surface area is 177 Å². The smallest absolute Gasteiger partial charge is 0.226 e. The molecule has 0 radical (unpaired) electrons. The average molecular weight is 404 g/mol. The van der Waals surface area contributed by atoms with Crippen molar-refractivity contribution in [3.05, 3.63) is 0 Å². The first-order valence-corrected chi connectivity index (χ1v) is 12.4. The van der Waals surface area contributed by atoms with Crippen molar-refractivity contribution in [3.63, 3.8) is 0 Å². The van der Waals surface area contributed by atoms with Crippen LogP contribution in [0.15, 0.2) is 0 Å². The maximum absolute atomic E-state index is 13.0. The molecule has 2 saturated carbocycles. The van der Waals surface area contributed by atoms with Gasteiger partial charge in [0.25, 0.3) is 0 Å². The molecule has 0 bridgehead atoms. The third-order valence-corrected chi connectivity index (χ3v) is 7.98. The fourth-order valence-corrected chi connectivity index (χ4v) is 5.92. The molecule has 2 saturated heterocycles. The third-order valence-electron chi connectivity index (χ3n) is 7.98. The molecular weight excluding hydrogens is 362 g/mol. The van der Waals surface area contributed by atoms with Crippen LogP contribution in [0.25, 0.3) is 0 Å². The topological polar surface area (TPSA) is 43.9 Å². The van der Waals surface area contributed by atoms with E-state index in [0.717, 1.165) is 83.6 Å². The van der Waals surface area contributed by atoms with Crippen LogP contribution in [0.1, 0.15) is 77.0 Å². The first kappa shape index (κ1) is 21.1. The van der Waals surface area contributed by atoms with Crippen LogP contribution in [0.5, 0.6) is 0 Å². The van der Waals surface area contributed by atoms with E-state index in [1.54, 1.807) is 0 Å². The highest BCUT2D eigenvalue weighted by molar-refractivity contribution is 5.81. The minimum Gasteiger partial charge on any atom is -0.345 e. The quantitative estimate of drug-likeness (QED) is 0.653. The van der Waals surface area contributed by atoms with E-state index in [-0.39, 0.29) is 5.92 Å². The summed E-state index contributed by atoms with van der Waals surface area (Å²) < 4.78 is 0. The number of amides is 2. The number of nitrogens with zero attached hydrogens (tertiary/aromatic N) is 3. The molecule has 1 atom stereocenters. The lowest BCUT2D eigenvalue weighted by Gasteiger charge is -2.42. The van der Waals surface area contributed by atoms with Crippen LogP contribution in [-0.4, -0.2) is 72.3 Å². The summed E-state index contributed by atoms with van der Waals surface area (Å²) in [5.74, 6) is 2.19. The second-order valence-electron chi connectivity index (χ2n) is 10.2. The van der Waals surface area contributed by atoms with Gasteiger partial charge in [-0.25, -0.2) is 0 Å². The molecule has 0 aromatic rings. The summed E-state index contributed by atoms with van der Waals surface area (Å²) >= 11 is 0. The van der Waals surface area contributed by atoms with Gasteiger partial charge in [-0.3, -0.25) is 14.5 Å². The number of carbonyl (C=O) groups is 2. The number of likely N-dealkylation sites (tertiary alicyclic amines) is 2. The summed E-state index contributed by atoms with van der Waals surface area (Å²) in [6, 6.07) is 0.557. The maximum atomic E-state index is 13.0. The number of hydrogen-bond donors (Lipinski definition) is 0. The summed E-state index contributed by atoms with van der Waals surface area (Å²) in [5, 5.41) is 0. The summed E-state index contributed by atoms with van der Waals surface area (Å²) in [7, 11) is 2.01. The summed E-state index contributed by atoms with van der Waals surface area (Å²) in [6.07, 6.45) is 14.6. The zero-order chi connectivity index (χ0) is 20.2. The summed E-state index contributed by atoms with van der Waals surface area (Å²) in [4.78, 5) is 32.0. The van der Waals surface area contributed by atoms with E-state index >= 15 is 0 Å². The Morgan fingerprint density at radius 3 is 2.28 bits per heavy atom. The van der Waals surface area contributed by atoms with Crippen LogP contribution in [-0.2, 0) is 9.59 Å². The molecule has 0 aromatic heterocycles. The zero-order valence-electron chi connectivity index (χ0n) is 18.5. The molecule has 2 amide bonds. The van der Waals surface area contributed by atoms with Gasteiger partial charge < -0.3 is 9.80 Å². The van der Waals surface area contributed by atoms with Crippen molar-refractivity contribution in [2.75, 3.05) is 39.8 Å². The molecule has 5 nitrogen and oxygen atoms in total. The Kier molecular flexibility index (Phi) is 7.15. The van der Waals surface area contributed by atoms with Crippen LogP contribution in [0.3, 0.4) is 0 Å². The number of carbonyl (C=O) groups excluding carboxylic acids is 2. The standard InChI is InChI=1S/C24H41N3O2/c1-25(14-4-8-19-6-2-3-7-19)23(28)21-9-5-15-27(18-21)22-12-16-26(17-13-22)24(29)20-10-11-20/h19-22H,2-18H2,1H3/t21-/m0/s1. The van der Waals surface area contributed by atoms with Gasteiger partial charge >= 0.3 is 0 Å². The molecule has 29 heavy (non-hydrogen) atoms. The summed E-state index contributed by atoms with van der Waals surface area (Å²) in [5.41, 5.74) is 0. The highest BCUT2D eigenvalue weighted by Gasteiger charge is 2.37. The van der Waals surface area contributed by atoms with Gasteiger partial charge in [0.1, 0.15) is 0 Å². The average Bonchev–Trinajstić information content (AvgIpc) is 3.49. The van der Waals surface area contributed by atoms with Crippen molar-refractivity contribution in [1.82, 2.24) is 14.7 Å². The van der Waals surface area contributed by atoms with Crippen LogP contribution in [0.4, 0.5) is 0 Å². The minimum atomic E-state index is 0.173. The van der Waals surface area contributed by atoms with Crippen LogP contribution in [0, 0.1) is 17.8 Å². The van der Waals surface area contributed by atoms with Crippen molar-refractivity contribution < 1.29 is 9.59 Å². The van der Waals surface area contributed by atoms with E-state index in [9.17, 15) is 9.59 Å². The van der Waals surface area contributed by atoms with E-state index in [2.05, 4.69) is 9.80 Å². The van der Waals surface area contributed by atoms with Gasteiger partial charge in [0, 0.05) is 45.2 Å². The Bertz CT molecular complexity index is 562. The lowest BCUT2D eigenvalue weighted by atomic mass is 9.92. The van der Waals surface area contributed by atoms with E-state index < -0.39 is 0 Å². The van der Waals surface area contributed by atoms with E-state index in [1.807, 2.05) is 11.9 Å². The van der Waals surface area contributed by atoms with Gasteiger partial charge in [-0.2, -0.15) is 0 Å². The number of hydrogen-bond acceptors (Lipinski definition) is 3. The lowest BCUT2D eigenvalue weighted by Crippen LogP contribution is -2.51. The first-order valence-electron chi connectivity index (χ1n) is 12.4. The number of rotatable bonds is 7. The molecule has 4 aliphatic rings. The molecule has 0 N–H and O–H groups in total. The molecule has 4 fully saturated rings. The third kappa shape index (κ3) is 5.53. The van der Waals surface area contributed by atoms with E-state index in [0.29, 0.717) is 23.8 Å². The molecule has 2 heterocycles. The van der Waals surface area contributed by atoms with Crippen LogP contribution in [0.2, 0.25) is 0 Å². The fourth-order valence-electron chi connectivity index (χ4n) is 5.92. The van der Waals surface area contributed by atoms with Gasteiger partial charge in [-0.15, -0.1) is 0 Å². The Balaban J connectivity index is 1.19.